The van der Waals surface area contributed by atoms with Gasteiger partial charge in [-0.05, 0) is 91.8 Å². The molecule has 0 bridgehead atoms. The minimum atomic E-state index is -0.344. The molecule has 3 heterocycles. The molecule has 0 saturated carbocycles. The fourth-order valence-electron chi connectivity index (χ4n) is 5.66. The number of allylic oxidation sites excluding steroid dienone is 1. The molecule has 0 amide bonds. The third kappa shape index (κ3) is 6.53. The molecule has 0 spiro atoms. The first-order chi connectivity index (χ1) is 20.2. The second-order valence-electron chi connectivity index (χ2n) is 10.7. The van der Waals surface area contributed by atoms with Crippen LogP contribution in [0.5, 0.6) is 23.0 Å². The fourth-order valence-corrected chi connectivity index (χ4v) is 5.66. The Morgan fingerprint density at radius 1 is 0.780 bits per heavy atom. The highest BCUT2D eigenvalue weighted by molar-refractivity contribution is 5.96. The highest BCUT2D eigenvalue weighted by Crippen LogP contribution is 2.48. The van der Waals surface area contributed by atoms with Crippen LogP contribution in [0.2, 0.25) is 0 Å². The topological polar surface area (TPSA) is 75.6 Å². The van der Waals surface area contributed by atoms with Gasteiger partial charge in [0.05, 0.1) is 19.8 Å². The number of hydrogen-bond donors (Lipinski definition) is 1. The monoisotopic (exact) mass is 558 g/mol. The van der Waals surface area contributed by atoms with Crippen LogP contribution < -0.4 is 18.9 Å². The van der Waals surface area contributed by atoms with Crippen LogP contribution in [-0.4, -0.2) is 44.1 Å². The van der Waals surface area contributed by atoms with Crippen molar-refractivity contribution in [1.29, 1.82) is 0 Å². The number of rotatable bonds is 9. The van der Waals surface area contributed by atoms with E-state index in [0.29, 0.717) is 5.75 Å². The predicted molar refractivity (Wildman–Crippen MR) is 156 cm³/mol. The van der Waals surface area contributed by atoms with Gasteiger partial charge in [-0.3, -0.25) is 0 Å². The molecule has 3 aromatic rings. The summed E-state index contributed by atoms with van der Waals surface area (Å²) in [6, 6.07) is 22.0. The number of ether oxygens (including phenoxy) is 6. The number of fused-ring (bicyclic) bond motifs is 1. The molecule has 2 fully saturated rings. The maximum absolute atomic E-state index is 9.12. The average molecular weight is 559 g/mol. The molecule has 7 nitrogen and oxygen atoms in total. The predicted octanol–water partition coefficient (Wildman–Crippen LogP) is 6.93. The standard InChI is InChI=1S/C34H38O7/c1-23-29-22-28(40-32-10-3-5-19-38-32)15-16-30(29)41-34(24-11-13-26(14-12-24)36-20-17-35)33(23)25-7-6-8-27(21-25)39-31-9-2-4-18-37-31/h6-8,11-16,21-22,31-32,34-35H,2-5,9-10,17-20H2,1H3. The van der Waals surface area contributed by atoms with Crippen molar-refractivity contribution in [3.8, 4) is 23.0 Å². The summed E-state index contributed by atoms with van der Waals surface area (Å²) in [5.41, 5.74) is 5.18. The van der Waals surface area contributed by atoms with Crippen LogP contribution in [0, 0.1) is 0 Å². The summed E-state index contributed by atoms with van der Waals surface area (Å²) >= 11 is 0. The molecule has 41 heavy (non-hydrogen) atoms. The van der Waals surface area contributed by atoms with Gasteiger partial charge in [-0.25, -0.2) is 0 Å². The van der Waals surface area contributed by atoms with Crippen molar-refractivity contribution in [3.63, 3.8) is 0 Å². The Kier molecular flexibility index (Phi) is 8.75. The van der Waals surface area contributed by atoms with Crippen LogP contribution in [0.3, 0.4) is 0 Å². The molecular formula is C34H38O7. The van der Waals surface area contributed by atoms with Crippen LogP contribution in [0.15, 0.2) is 66.7 Å². The third-order valence-electron chi connectivity index (χ3n) is 7.76. The Labute approximate surface area is 241 Å². The summed E-state index contributed by atoms with van der Waals surface area (Å²) in [7, 11) is 0. The Hall–Kier alpha value is -3.52. The number of hydrogen-bond acceptors (Lipinski definition) is 7. The van der Waals surface area contributed by atoms with Crippen LogP contribution in [0.25, 0.3) is 11.1 Å². The van der Waals surface area contributed by atoms with Gasteiger partial charge in [-0.2, -0.15) is 0 Å². The number of aliphatic hydroxyl groups excluding tert-OH is 1. The second-order valence-corrected chi connectivity index (χ2v) is 10.7. The molecule has 0 aromatic heterocycles. The highest BCUT2D eigenvalue weighted by Gasteiger charge is 2.30. The molecule has 0 radical (unpaired) electrons. The van der Waals surface area contributed by atoms with Gasteiger partial charge in [0.25, 0.3) is 0 Å². The molecular weight excluding hydrogens is 520 g/mol. The Morgan fingerprint density at radius 3 is 2.12 bits per heavy atom. The molecule has 1 N–H and O–H groups in total. The van der Waals surface area contributed by atoms with Crippen molar-refractivity contribution >= 4 is 11.1 Å². The van der Waals surface area contributed by atoms with Crippen LogP contribution in [0.1, 0.15) is 68.2 Å². The van der Waals surface area contributed by atoms with E-state index < -0.39 is 0 Å². The molecule has 3 unspecified atom stereocenters. The normalized spacial score (nSPS) is 22.4. The van der Waals surface area contributed by atoms with E-state index in [-0.39, 0.29) is 31.9 Å². The molecule has 7 heteroatoms. The minimum Gasteiger partial charge on any atom is -0.491 e. The van der Waals surface area contributed by atoms with Gasteiger partial charge in [-0.15, -0.1) is 0 Å². The Morgan fingerprint density at radius 2 is 1.46 bits per heavy atom. The smallest absolute Gasteiger partial charge is 0.199 e. The summed E-state index contributed by atoms with van der Waals surface area (Å²) in [5, 5.41) is 9.12. The average Bonchev–Trinajstić information content (AvgIpc) is 3.01. The van der Waals surface area contributed by atoms with E-state index in [1.54, 1.807) is 0 Å². The first-order valence-electron chi connectivity index (χ1n) is 14.7. The molecule has 2 saturated heterocycles. The maximum atomic E-state index is 9.12. The summed E-state index contributed by atoms with van der Waals surface area (Å²) < 4.78 is 36.4. The first kappa shape index (κ1) is 27.6. The van der Waals surface area contributed by atoms with Gasteiger partial charge < -0.3 is 33.5 Å². The van der Waals surface area contributed by atoms with Gasteiger partial charge >= 0.3 is 0 Å². The molecule has 3 aromatic carbocycles. The minimum absolute atomic E-state index is 0.0285. The molecule has 3 aliphatic heterocycles. The van der Waals surface area contributed by atoms with Crippen LogP contribution in [-0.2, 0) is 9.47 Å². The van der Waals surface area contributed by atoms with Gasteiger partial charge in [0, 0.05) is 24.0 Å². The summed E-state index contributed by atoms with van der Waals surface area (Å²) in [6.45, 7) is 3.83. The lowest BCUT2D eigenvalue weighted by Gasteiger charge is -2.32. The number of benzene rings is 3. The lowest BCUT2D eigenvalue weighted by molar-refractivity contribution is -0.106. The quantitative estimate of drug-likeness (QED) is 0.305. The van der Waals surface area contributed by atoms with E-state index in [1.165, 1.54) is 0 Å². The summed E-state index contributed by atoms with van der Waals surface area (Å²) in [4.78, 5) is 0. The van der Waals surface area contributed by atoms with Gasteiger partial charge in [-0.1, -0.05) is 24.3 Å². The zero-order chi connectivity index (χ0) is 28.0. The highest BCUT2D eigenvalue weighted by atomic mass is 16.7. The zero-order valence-corrected chi connectivity index (χ0v) is 23.6. The van der Waals surface area contributed by atoms with Crippen LogP contribution in [0.4, 0.5) is 0 Å². The van der Waals surface area contributed by atoms with Crippen molar-refractivity contribution in [2.45, 2.75) is 64.1 Å². The van der Waals surface area contributed by atoms with E-state index >= 15 is 0 Å². The second kappa shape index (κ2) is 13.0. The Bertz CT molecular complexity index is 1340. The lowest BCUT2D eigenvalue weighted by Crippen LogP contribution is -2.25. The summed E-state index contributed by atoms with van der Waals surface area (Å²) in [5.74, 6) is 3.06. The first-order valence-corrected chi connectivity index (χ1v) is 14.7. The van der Waals surface area contributed by atoms with E-state index in [4.69, 9.17) is 33.5 Å². The summed E-state index contributed by atoms with van der Waals surface area (Å²) in [6.07, 6.45) is 5.37. The molecule has 216 valence electrons. The zero-order valence-electron chi connectivity index (χ0n) is 23.6. The van der Waals surface area contributed by atoms with E-state index in [1.807, 2.05) is 48.5 Å². The van der Waals surface area contributed by atoms with E-state index in [9.17, 15) is 0 Å². The lowest BCUT2D eigenvalue weighted by atomic mass is 9.86. The molecule has 0 aliphatic carbocycles. The van der Waals surface area contributed by atoms with Crippen molar-refractivity contribution in [1.82, 2.24) is 0 Å². The third-order valence-corrected chi connectivity index (χ3v) is 7.76. The van der Waals surface area contributed by atoms with Crippen molar-refractivity contribution < 1.29 is 33.5 Å². The maximum Gasteiger partial charge on any atom is 0.199 e. The van der Waals surface area contributed by atoms with E-state index in [2.05, 4.69) is 25.1 Å². The Balaban J connectivity index is 1.35. The molecule has 3 atom stereocenters. The molecule has 6 rings (SSSR count). The fraction of sp³-hybridized carbons (Fsp3) is 0.412. The molecule has 3 aliphatic rings. The van der Waals surface area contributed by atoms with Crippen molar-refractivity contribution in [2.24, 2.45) is 0 Å². The SMILES string of the molecule is CC1=C(c2cccc(OC3CCCCO3)c2)C(c2ccc(OCCO)cc2)Oc2ccc(OC3CCCCO3)cc21. The largest absolute Gasteiger partial charge is 0.491 e. The van der Waals surface area contributed by atoms with E-state index in [0.717, 1.165) is 96.8 Å². The van der Waals surface area contributed by atoms with Crippen molar-refractivity contribution in [2.75, 3.05) is 26.4 Å². The van der Waals surface area contributed by atoms with Crippen LogP contribution >= 0.6 is 0 Å². The number of aliphatic hydroxyl groups is 1. The van der Waals surface area contributed by atoms with Gasteiger partial charge in [0.1, 0.15) is 35.7 Å². The van der Waals surface area contributed by atoms with Gasteiger partial charge in [0.2, 0.25) is 0 Å². The van der Waals surface area contributed by atoms with Gasteiger partial charge in [0.15, 0.2) is 12.6 Å². The van der Waals surface area contributed by atoms with Crippen molar-refractivity contribution in [3.05, 3.63) is 83.4 Å².